The van der Waals surface area contributed by atoms with Crippen LogP contribution in [0.2, 0.25) is 0 Å². The molecule has 0 bridgehead atoms. The molecule has 0 aliphatic carbocycles. The van der Waals surface area contributed by atoms with E-state index >= 15 is 0 Å². The fourth-order valence-corrected chi connectivity index (χ4v) is 6.86. The first-order valence-electron chi connectivity index (χ1n) is 16.6. The molecule has 0 aliphatic rings. The Morgan fingerprint density at radius 3 is 1.45 bits per heavy atom. The van der Waals surface area contributed by atoms with Crippen molar-refractivity contribution in [2.75, 3.05) is 0 Å². The number of hydrogen-bond acceptors (Lipinski definition) is 2. The highest BCUT2D eigenvalue weighted by molar-refractivity contribution is 6.14. The second kappa shape index (κ2) is 12.2. The van der Waals surface area contributed by atoms with Gasteiger partial charge in [0.05, 0.1) is 16.6 Å². The lowest BCUT2D eigenvalue weighted by Gasteiger charge is -2.13. The molecule has 0 N–H and O–H groups in total. The van der Waals surface area contributed by atoms with Crippen LogP contribution in [0.5, 0.6) is 0 Å². The van der Waals surface area contributed by atoms with Crippen LogP contribution < -0.4 is 0 Å². The van der Waals surface area contributed by atoms with Gasteiger partial charge >= 0.3 is 0 Å². The van der Waals surface area contributed by atoms with Crippen molar-refractivity contribution in [2.24, 2.45) is 0 Å². The zero-order valence-electron chi connectivity index (χ0n) is 26.7. The van der Waals surface area contributed by atoms with Crippen molar-refractivity contribution in [2.45, 2.75) is 0 Å². The van der Waals surface area contributed by atoms with E-state index in [9.17, 15) is 0 Å². The van der Waals surface area contributed by atoms with Crippen LogP contribution in [-0.2, 0) is 0 Å². The average Bonchev–Trinajstić information content (AvgIpc) is 3.53. The maximum atomic E-state index is 5.48. The molecule has 0 amide bonds. The fraction of sp³-hybridized carbons (Fsp3) is 0. The molecule has 7 aromatic carbocycles. The molecule has 0 unspecified atom stereocenters. The molecule has 9 aromatic rings. The summed E-state index contributed by atoms with van der Waals surface area (Å²) in [7, 11) is 0. The molecule has 3 heteroatoms. The van der Waals surface area contributed by atoms with E-state index in [1.165, 1.54) is 5.56 Å². The molecule has 0 radical (unpaired) electrons. The van der Waals surface area contributed by atoms with Gasteiger partial charge in [0.15, 0.2) is 5.82 Å². The number of para-hydroxylation sites is 2. The molecule has 0 atom stereocenters. The lowest BCUT2D eigenvalue weighted by Crippen LogP contribution is -2.00. The first-order chi connectivity index (χ1) is 24.3. The van der Waals surface area contributed by atoms with Crippen LogP contribution in [0.15, 0.2) is 188 Å². The summed E-state index contributed by atoms with van der Waals surface area (Å²) in [5.74, 6) is 0.683. The summed E-state index contributed by atoms with van der Waals surface area (Å²) in [5.41, 5.74) is 12.8. The second-order valence-electron chi connectivity index (χ2n) is 12.3. The lowest BCUT2D eigenvalue weighted by atomic mass is 9.95. The van der Waals surface area contributed by atoms with Crippen molar-refractivity contribution < 1.29 is 0 Å². The first-order valence-corrected chi connectivity index (χ1v) is 16.6. The molecule has 2 aromatic heterocycles. The molecule has 3 nitrogen and oxygen atoms in total. The van der Waals surface area contributed by atoms with Crippen molar-refractivity contribution >= 4 is 21.9 Å². The van der Waals surface area contributed by atoms with Crippen LogP contribution in [-0.4, -0.2) is 14.5 Å². The molecular weight excluding hydrogens is 595 g/mol. The summed E-state index contributed by atoms with van der Waals surface area (Å²) in [6.07, 6.45) is 0. The Labute approximate surface area is 285 Å². The third-order valence-corrected chi connectivity index (χ3v) is 9.18. The van der Waals surface area contributed by atoms with Gasteiger partial charge < -0.3 is 0 Å². The van der Waals surface area contributed by atoms with Gasteiger partial charge in [0, 0.05) is 22.2 Å². The third kappa shape index (κ3) is 5.28. The Kier molecular flexibility index (Phi) is 7.14. The second-order valence-corrected chi connectivity index (χ2v) is 12.3. The fourth-order valence-electron chi connectivity index (χ4n) is 6.86. The highest BCUT2D eigenvalue weighted by Gasteiger charge is 2.21. The topological polar surface area (TPSA) is 30.7 Å². The SMILES string of the molecule is c1ccc(-c2cc(-c3ccccc3)cc(-c3nc(-c4cccc(-c5ccccc5)c4)c4c5ccccc5n(-c5ccccc5)c4n3)c2)cc1. The molecule has 0 aliphatic heterocycles. The van der Waals surface area contributed by atoms with Gasteiger partial charge in [0.2, 0.25) is 0 Å². The summed E-state index contributed by atoms with van der Waals surface area (Å²) in [6.45, 7) is 0. The van der Waals surface area contributed by atoms with E-state index in [2.05, 4.69) is 193 Å². The van der Waals surface area contributed by atoms with E-state index in [1.54, 1.807) is 0 Å². The van der Waals surface area contributed by atoms with Crippen LogP contribution >= 0.6 is 0 Å². The Balaban J connectivity index is 1.37. The van der Waals surface area contributed by atoms with Crippen LogP contribution in [0.25, 0.3) is 83.6 Å². The molecule has 0 fully saturated rings. The summed E-state index contributed by atoms with van der Waals surface area (Å²) in [5, 5.41) is 2.16. The Morgan fingerprint density at radius 2 is 0.816 bits per heavy atom. The molecule has 49 heavy (non-hydrogen) atoms. The number of hydrogen-bond donors (Lipinski definition) is 0. The van der Waals surface area contributed by atoms with Crippen molar-refractivity contribution in [1.82, 2.24) is 14.5 Å². The van der Waals surface area contributed by atoms with Crippen LogP contribution in [0, 0.1) is 0 Å². The number of nitrogens with zero attached hydrogens (tertiary/aromatic N) is 3. The molecule has 0 saturated carbocycles. The summed E-state index contributed by atoms with van der Waals surface area (Å²) in [4.78, 5) is 10.9. The molecular formula is C46H31N3. The zero-order chi connectivity index (χ0) is 32.6. The molecule has 0 spiro atoms. The van der Waals surface area contributed by atoms with Crippen molar-refractivity contribution in [1.29, 1.82) is 0 Å². The van der Waals surface area contributed by atoms with Gasteiger partial charge in [-0.2, -0.15) is 0 Å². The third-order valence-electron chi connectivity index (χ3n) is 9.18. The first kappa shape index (κ1) is 28.6. The number of aromatic nitrogens is 3. The van der Waals surface area contributed by atoms with Crippen molar-refractivity contribution in [3.8, 4) is 61.7 Å². The van der Waals surface area contributed by atoms with Crippen LogP contribution in [0.3, 0.4) is 0 Å². The highest BCUT2D eigenvalue weighted by atomic mass is 15.1. The number of benzene rings is 7. The number of rotatable bonds is 6. The Hall–Kier alpha value is -6.58. The van der Waals surface area contributed by atoms with E-state index in [4.69, 9.17) is 9.97 Å². The summed E-state index contributed by atoms with van der Waals surface area (Å²) < 4.78 is 2.28. The van der Waals surface area contributed by atoms with Gasteiger partial charge in [0.25, 0.3) is 0 Å². The molecule has 9 rings (SSSR count). The van der Waals surface area contributed by atoms with Gasteiger partial charge in [-0.1, -0.05) is 146 Å². The number of fused-ring (bicyclic) bond motifs is 3. The van der Waals surface area contributed by atoms with Gasteiger partial charge in [0.1, 0.15) is 5.65 Å². The average molecular weight is 626 g/mol. The highest BCUT2D eigenvalue weighted by Crippen LogP contribution is 2.40. The minimum atomic E-state index is 0.683. The Bertz CT molecular complexity index is 2510. The predicted octanol–water partition coefficient (Wildman–Crippen LogP) is 11.9. The van der Waals surface area contributed by atoms with Gasteiger partial charge in [-0.05, 0) is 75.8 Å². The minimum Gasteiger partial charge on any atom is -0.294 e. The zero-order valence-corrected chi connectivity index (χ0v) is 26.7. The normalized spacial score (nSPS) is 11.3. The smallest absolute Gasteiger partial charge is 0.162 e. The van der Waals surface area contributed by atoms with Crippen LogP contribution in [0.1, 0.15) is 0 Å². The van der Waals surface area contributed by atoms with Gasteiger partial charge in [-0.25, -0.2) is 9.97 Å². The largest absolute Gasteiger partial charge is 0.294 e. The van der Waals surface area contributed by atoms with E-state index < -0.39 is 0 Å². The standard InChI is InChI=1S/C46H31N3/c1-5-16-32(17-6-1)35-22-15-23-36(28-35)44-43-41-26-13-14-27-42(41)49(40-24-11-4-12-25-40)46(43)48-45(47-44)39-30-37(33-18-7-2-8-19-33)29-38(31-39)34-20-9-3-10-21-34/h1-31H. The summed E-state index contributed by atoms with van der Waals surface area (Å²) in [6, 6.07) is 66.1. The lowest BCUT2D eigenvalue weighted by molar-refractivity contribution is 1.11. The van der Waals surface area contributed by atoms with Crippen molar-refractivity contribution in [3.05, 3.63) is 188 Å². The van der Waals surface area contributed by atoms with E-state index in [1.807, 2.05) is 0 Å². The maximum Gasteiger partial charge on any atom is 0.162 e. The van der Waals surface area contributed by atoms with Crippen LogP contribution in [0.4, 0.5) is 0 Å². The molecule has 2 heterocycles. The minimum absolute atomic E-state index is 0.683. The maximum absolute atomic E-state index is 5.48. The van der Waals surface area contributed by atoms with E-state index in [0.717, 1.165) is 72.3 Å². The van der Waals surface area contributed by atoms with Crippen molar-refractivity contribution in [3.63, 3.8) is 0 Å². The monoisotopic (exact) mass is 625 g/mol. The summed E-state index contributed by atoms with van der Waals surface area (Å²) >= 11 is 0. The van der Waals surface area contributed by atoms with Gasteiger partial charge in [-0.3, -0.25) is 4.57 Å². The van der Waals surface area contributed by atoms with E-state index in [0.29, 0.717) is 5.82 Å². The molecule has 0 saturated heterocycles. The quantitative estimate of drug-likeness (QED) is 0.184. The predicted molar refractivity (Wildman–Crippen MR) is 204 cm³/mol. The van der Waals surface area contributed by atoms with Gasteiger partial charge in [-0.15, -0.1) is 0 Å². The molecule has 230 valence electrons. The van der Waals surface area contributed by atoms with E-state index in [-0.39, 0.29) is 0 Å². The Morgan fingerprint density at radius 1 is 0.347 bits per heavy atom.